The Morgan fingerprint density at radius 1 is 1.21 bits per heavy atom. The first kappa shape index (κ1) is 28.0. The zero-order valence-corrected chi connectivity index (χ0v) is 20.4. The minimum atomic E-state index is -4.19. The van der Waals surface area contributed by atoms with Gasteiger partial charge in [0, 0.05) is 25.7 Å². The van der Waals surface area contributed by atoms with E-state index >= 15 is 0 Å². The van der Waals surface area contributed by atoms with E-state index in [9.17, 15) is 18.0 Å². The number of alkyl carbamates (subject to hydrolysis) is 1. The highest BCUT2D eigenvalue weighted by Gasteiger charge is 2.34. The summed E-state index contributed by atoms with van der Waals surface area (Å²) < 4.78 is 42.9. The second kappa shape index (κ2) is 11.4. The molecule has 29 heavy (non-hydrogen) atoms. The van der Waals surface area contributed by atoms with E-state index in [1.54, 1.807) is 20.8 Å². The first-order valence-corrected chi connectivity index (χ1v) is 9.54. The molecule has 0 radical (unpaired) electrons. The van der Waals surface area contributed by atoms with Crippen LogP contribution in [-0.2, 0) is 4.74 Å². The maximum atomic E-state index is 12.5. The van der Waals surface area contributed by atoms with Crippen LogP contribution in [0.15, 0.2) is 4.99 Å². The van der Waals surface area contributed by atoms with E-state index in [2.05, 4.69) is 20.9 Å². The van der Waals surface area contributed by atoms with Gasteiger partial charge in [-0.2, -0.15) is 13.2 Å². The van der Waals surface area contributed by atoms with Crippen molar-refractivity contribution in [2.45, 2.75) is 71.3 Å². The molecule has 1 rings (SSSR count). The molecule has 172 valence electrons. The fourth-order valence-corrected chi connectivity index (χ4v) is 2.76. The fraction of sp³-hybridized carbons (Fsp3) is 0.889. The second-order valence-corrected chi connectivity index (χ2v) is 8.69. The molecule has 3 N–H and O–H groups in total. The van der Waals surface area contributed by atoms with Crippen molar-refractivity contribution in [3.63, 3.8) is 0 Å². The van der Waals surface area contributed by atoms with Gasteiger partial charge in [-0.05, 0) is 48.0 Å². The van der Waals surface area contributed by atoms with E-state index in [4.69, 9.17) is 4.74 Å². The predicted molar refractivity (Wildman–Crippen MR) is 119 cm³/mol. The summed E-state index contributed by atoms with van der Waals surface area (Å²) in [6.45, 7) is 11.6. The molecule has 0 aliphatic carbocycles. The Kier molecular flexibility index (Phi) is 11.0. The summed E-state index contributed by atoms with van der Waals surface area (Å²) in [5.74, 6) is 0.514. The highest BCUT2D eigenvalue weighted by atomic mass is 127. The number of hydrogen-bond acceptors (Lipinski definition) is 4. The first-order chi connectivity index (χ1) is 12.7. The third-order valence-corrected chi connectivity index (χ3v) is 3.83. The molecule has 0 bridgehead atoms. The second-order valence-electron chi connectivity index (χ2n) is 8.69. The quantitative estimate of drug-likeness (QED) is 0.276. The molecule has 1 aliphatic heterocycles. The van der Waals surface area contributed by atoms with Crippen LogP contribution in [0.1, 0.15) is 48.0 Å². The van der Waals surface area contributed by atoms with Crippen molar-refractivity contribution in [1.82, 2.24) is 20.9 Å². The van der Waals surface area contributed by atoms with Crippen LogP contribution >= 0.6 is 24.0 Å². The Morgan fingerprint density at radius 2 is 1.83 bits per heavy atom. The van der Waals surface area contributed by atoms with E-state index in [1.807, 2.05) is 20.8 Å². The van der Waals surface area contributed by atoms with Gasteiger partial charge in [-0.25, -0.2) is 4.79 Å². The number of rotatable bonds is 6. The lowest BCUT2D eigenvalue weighted by molar-refractivity contribution is -0.143. The summed E-state index contributed by atoms with van der Waals surface area (Å²) in [7, 11) is 0. The van der Waals surface area contributed by atoms with Crippen molar-refractivity contribution in [3.05, 3.63) is 0 Å². The SMILES string of the molecule is CCNC(=NCC(C)(C)NC(=O)OC(C)(C)C)NC1CCN(CC(F)(F)F)C1.I. The van der Waals surface area contributed by atoms with Gasteiger partial charge in [0.05, 0.1) is 18.6 Å². The molecule has 0 spiro atoms. The number of likely N-dealkylation sites (tertiary alicyclic amines) is 1. The molecule has 1 amide bonds. The monoisotopic (exact) mass is 537 g/mol. The van der Waals surface area contributed by atoms with Gasteiger partial charge < -0.3 is 20.7 Å². The lowest BCUT2D eigenvalue weighted by atomic mass is 10.1. The number of ether oxygens (including phenoxy) is 1. The molecule has 1 heterocycles. The smallest absolute Gasteiger partial charge is 0.408 e. The predicted octanol–water partition coefficient (Wildman–Crippen LogP) is 3.10. The molecule has 0 aromatic rings. The van der Waals surface area contributed by atoms with Crippen molar-refractivity contribution in [3.8, 4) is 0 Å². The fourth-order valence-electron chi connectivity index (χ4n) is 2.76. The number of aliphatic imine (C=N–C) groups is 1. The standard InChI is InChI=1S/C18H34F3N5O2.HI/c1-7-22-14(24-13-8-9-26(10-13)12-18(19,20)21)23-11-17(5,6)25-15(27)28-16(2,3)4;/h13H,7-12H2,1-6H3,(H,25,27)(H2,22,23,24);1H. The number of amides is 1. The Balaban J connectivity index is 0.00000784. The first-order valence-electron chi connectivity index (χ1n) is 9.54. The van der Waals surface area contributed by atoms with Crippen molar-refractivity contribution in [2.75, 3.05) is 32.7 Å². The largest absolute Gasteiger partial charge is 0.444 e. The van der Waals surface area contributed by atoms with Crippen LogP contribution in [0.25, 0.3) is 0 Å². The summed E-state index contributed by atoms with van der Waals surface area (Å²) in [6.07, 6.45) is -4.10. The molecule has 1 aliphatic rings. The lowest BCUT2D eigenvalue weighted by Gasteiger charge is -2.28. The van der Waals surface area contributed by atoms with Crippen LogP contribution < -0.4 is 16.0 Å². The lowest BCUT2D eigenvalue weighted by Crippen LogP contribution is -2.50. The van der Waals surface area contributed by atoms with Crippen LogP contribution in [0.4, 0.5) is 18.0 Å². The average molecular weight is 537 g/mol. The Labute approximate surface area is 188 Å². The minimum Gasteiger partial charge on any atom is -0.444 e. The number of carbonyl (C=O) groups is 1. The molecular weight excluding hydrogens is 502 g/mol. The summed E-state index contributed by atoms with van der Waals surface area (Å²) in [5, 5.41) is 9.05. The number of carbonyl (C=O) groups excluding carboxylic acids is 1. The number of guanidine groups is 1. The van der Waals surface area contributed by atoms with E-state index in [-0.39, 0.29) is 36.6 Å². The highest BCUT2D eigenvalue weighted by Crippen LogP contribution is 2.20. The van der Waals surface area contributed by atoms with Gasteiger partial charge in [0.1, 0.15) is 5.60 Å². The van der Waals surface area contributed by atoms with Crippen molar-refractivity contribution in [2.24, 2.45) is 4.99 Å². The zero-order chi connectivity index (χ0) is 21.6. The summed E-state index contributed by atoms with van der Waals surface area (Å²) in [4.78, 5) is 17.8. The zero-order valence-electron chi connectivity index (χ0n) is 18.1. The number of halogens is 4. The third-order valence-electron chi connectivity index (χ3n) is 3.83. The van der Waals surface area contributed by atoms with Crippen molar-refractivity contribution >= 4 is 36.0 Å². The van der Waals surface area contributed by atoms with Crippen molar-refractivity contribution in [1.29, 1.82) is 0 Å². The molecule has 0 aromatic carbocycles. The van der Waals surface area contributed by atoms with Gasteiger partial charge in [-0.3, -0.25) is 9.89 Å². The van der Waals surface area contributed by atoms with E-state index < -0.39 is 30.0 Å². The van der Waals surface area contributed by atoms with Crippen LogP contribution in [0.2, 0.25) is 0 Å². The number of nitrogens with zero attached hydrogens (tertiary/aromatic N) is 2. The van der Waals surface area contributed by atoms with Gasteiger partial charge in [0.25, 0.3) is 0 Å². The molecule has 1 atom stereocenters. The Hall–Kier alpha value is -0.980. The van der Waals surface area contributed by atoms with E-state index in [0.29, 0.717) is 32.0 Å². The highest BCUT2D eigenvalue weighted by molar-refractivity contribution is 14.0. The van der Waals surface area contributed by atoms with Crippen LogP contribution in [-0.4, -0.2) is 73.0 Å². The maximum absolute atomic E-state index is 12.5. The minimum absolute atomic E-state index is 0. The topological polar surface area (TPSA) is 78.0 Å². The molecule has 0 aromatic heterocycles. The molecular formula is C18H35F3IN5O2. The van der Waals surface area contributed by atoms with Crippen LogP contribution in [0.5, 0.6) is 0 Å². The summed E-state index contributed by atoms with van der Waals surface area (Å²) in [5.41, 5.74) is -1.24. The maximum Gasteiger partial charge on any atom is 0.408 e. The molecule has 1 fully saturated rings. The summed E-state index contributed by atoms with van der Waals surface area (Å²) in [6, 6.07) is -0.109. The van der Waals surface area contributed by atoms with E-state index in [1.165, 1.54) is 4.90 Å². The van der Waals surface area contributed by atoms with Gasteiger partial charge in [0.2, 0.25) is 0 Å². The number of hydrogen-bond donors (Lipinski definition) is 3. The molecule has 1 unspecified atom stereocenters. The molecule has 7 nitrogen and oxygen atoms in total. The Bertz CT molecular complexity index is 551. The van der Waals surface area contributed by atoms with E-state index in [0.717, 1.165) is 0 Å². The van der Waals surface area contributed by atoms with Gasteiger partial charge in [0.15, 0.2) is 5.96 Å². The van der Waals surface area contributed by atoms with Gasteiger partial charge >= 0.3 is 12.3 Å². The normalized spacial score (nSPS) is 18.8. The van der Waals surface area contributed by atoms with Crippen LogP contribution in [0.3, 0.4) is 0 Å². The van der Waals surface area contributed by atoms with Crippen molar-refractivity contribution < 1.29 is 22.7 Å². The molecule has 0 saturated carbocycles. The molecule has 1 saturated heterocycles. The third kappa shape index (κ3) is 13.0. The Morgan fingerprint density at radius 3 is 2.34 bits per heavy atom. The molecule has 11 heteroatoms. The number of alkyl halides is 3. The summed E-state index contributed by atoms with van der Waals surface area (Å²) >= 11 is 0. The average Bonchev–Trinajstić information content (AvgIpc) is 2.87. The van der Waals surface area contributed by atoms with Gasteiger partial charge in [-0.1, -0.05) is 0 Å². The van der Waals surface area contributed by atoms with Crippen LogP contribution in [0, 0.1) is 0 Å². The number of nitrogens with one attached hydrogen (secondary N) is 3. The van der Waals surface area contributed by atoms with Gasteiger partial charge in [-0.15, -0.1) is 24.0 Å².